The van der Waals surface area contributed by atoms with Crippen molar-refractivity contribution in [2.24, 2.45) is 11.8 Å². The standard InChI is InChI=1S/C14H20O4/c1-8-9(12-7-17-14(2,3)18-12)4-5-10-11(8)6-16-13(10)15/h10-12H,4-7H2,1-3H3/t10-,11+,12+/m1/s1. The van der Waals surface area contributed by atoms with Gasteiger partial charge in [0.05, 0.1) is 19.1 Å². The van der Waals surface area contributed by atoms with Gasteiger partial charge in [0.25, 0.3) is 0 Å². The Balaban J connectivity index is 1.83. The second-order valence-corrected chi connectivity index (χ2v) is 5.91. The van der Waals surface area contributed by atoms with Crippen LogP contribution >= 0.6 is 0 Å². The molecule has 0 N–H and O–H groups in total. The van der Waals surface area contributed by atoms with E-state index in [1.807, 2.05) is 13.8 Å². The fourth-order valence-electron chi connectivity index (χ4n) is 3.33. The van der Waals surface area contributed by atoms with E-state index in [0.29, 0.717) is 13.2 Å². The minimum atomic E-state index is -0.489. The highest BCUT2D eigenvalue weighted by molar-refractivity contribution is 5.76. The van der Waals surface area contributed by atoms with Gasteiger partial charge in [0, 0.05) is 5.92 Å². The van der Waals surface area contributed by atoms with E-state index in [0.717, 1.165) is 12.8 Å². The molecule has 2 saturated heterocycles. The number of carbonyl (C=O) groups is 1. The lowest BCUT2D eigenvalue weighted by atomic mass is 9.76. The minimum Gasteiger partial charge on any atom is -0.465 e. The first-order chi connectivity index (χ1) is 8.48. The van der Waals surface area contributed by atoms with Gasteiger partial charge in [-0.05, 0) is 39.2 Å². The third-order valence-corrected chi connectivity index (χ3v) is 4.38. The number of rotatable bonds is 1. The van der Waals surface area contributed by atoms with Crippen LogP contribution in [0, 0.1) is 11.8 Å². The summed E-state index contributed by atoms with van der Waals surface area (Å²) in [5.41, 5.74) is 2.60. The van der Waals surface area contributed by atoms with Crippen molar-refractivity contribution in [3.05, 3.63) is 11.1 Å². The summed E-state index contributed by atoms with van der Waals surface area (Å²) in [5, 5.41) is 0. The number of ether oxygens (including phenoxy) is 3. The van der Waals surface area contributed by atoms with E-state index in [-0.39, 0.29) is 23.9 Å². The van der Waals surface area contributed by atoms with Gasteiger partial charge in [-0.3, -0.25) is 4.79 Å². The van der Waals surface area contributed by atoms with Crippen molar-refractivity contribution in [1.29, 1.82) is 0 Å². The van der Waals surface area contributed by atoms with Gasteiger partial charge in [0.2, 0.25) is 0 Å². The molecule has 2 aliphatic heterocycles. The van der Waals surface area contributed by atoms with Crippen LogP contribution < -0.4 is 0 Å². The van der Waals surface area contributed by atoms with Gasteiger partial charge in [-0.15, -0.1) is 0 Å². The number of esters is 1. The Morgan fingerprint density at radius 1 is 1.22 bits per heavy atom. The van der Waals surface area contributed by atoms with E-state index >= 15 is 0 Å². The molecule has 18 heavy (non-hydrogen) atoms. The Kier molecular flexibility index (Phi) is 2.75. The lowest BCUT2D eigenvalue weighted by molar-refractivity contribution is -0.141. The van der Waals surface area contributed by atoms with Crippen molar-refractivity contribution in [3.8, 4) is 0 Å². The molecule has 2 heterocycles. The summed E-state index contributed by atoms with van der Waals surface area (Å²) < 4.78 is 16.7. The molecule has 0 aromatic heterocycles. The van der Waals surface area contributed by atoms with Crippen LogP contribution in [-0.2, 0) is 19.0 Å². The first-order valence-corrected chi connectivity index (χ1v) is 6.66. The number of hydrogen-bond donors (Lipinski definition) is 0. The van der Waals surface area contributed by atoms with Gasteiger partial charge in [0.15, 0.2) is 5.79 Å². The van der Waals surface area contributed by atoms with E-state index in [4.69, 9.17) is 14.2 Å². The molecule has 4 heteroatoms. The summed E-state index contributed by atoms with van der Waals surface area (Å²) >= 11 is 0. The number of hydrogen-bond acceptors (Lipinski definition) is 4. The number of carbonyl (C=O) groups excluding carboxylic acids is 1. The molecule has 3 aliphatic rings. The molecule has 4 nitrogen and oxygen atoms in total. The molecule has 3 atom stereocenters. The molecule has 0 amide bonds. The van der Waals surface area contributed by atoms with Gasteiger partial charge in [-0.25, -0.2) is 0 Å². The summed E-state index contributed by atoms with van der Waals surface area (Å²) in [6, 6.07) is 0. The second kappa shape index (κ2) is 4.07. The highest BCUT2D eigenvalue weighted by Crippen LogP contribution is 2.42. The zero-order valence-electron chi connectivity index (χ0n) is 11.2. The molecule has 0 saturated carbocycles. The molecule has 0 bridgehead atoms. The van der Waals surface area contributed by atoms with E-state index in [2.05, 4.69) is 6.92 Å². The van der Waals surface area contributed by atoms with Crippen molar-refractivity contribution in [2.45, 2.75) is 45.5 Å². The van der Waals surface area contributed by atoms with Crippen molar-refractivity contribution < 1.29 is 19.0 Å². The highest BCUT2D eigenvalue weighted by atomic mass is 16.7. The Morgan fingerprint density at radius 3 is 2.67 bits per heavy atom. The van der Waals surface area contributed by atoms with Crippen LogP contribution in [0.15, 0.2) is 11.1 Å². The lowest BCUT2D eigenvalue weighted by Gasteiger charge is -2.29. The van der Waals surface area contributed by atoms with Gasteiger partial charge in [0.1, 0.15) is 6.10 Å². The zero-order chi connectivity index (χ0) is 12.9. The Labute approximate surface area is 107 Å². The van der Waals surface area contributed by atoms with Crippen LogP contribution in [0.1, 0.15) is 33.6 Å². The molecule has 100 valence electrons. The van der Waals surface area contributed by atoms with Crippen LogP contribution in [0.25, 0.3) is 0 Å². The molecule has 0 spiro atoms. The first kappa shape index (κ1) is 12.2. The molecule has 0 radical (unpaired) electrons. The molecular weight excluding hydrogens is 232 g/mol. The fourth-order valence-corrected chi connectivity index (χ4v) is 3.33. The summed E-state index contributed by atoms with van der Waals surface area (Å²) in [4.78, 5) is 11.6. The first-order valence-electron chi connectivity index (χ1n) is 6.66. The smallest absolute Gasteiger partial charge is 0.309 e. The van der Waals surface area contributed by atoms with Crippen LogP contribution in [0.2, 0.25) is 0 Å². The average molecular weight is 252 g/mol. The van der Waals surface area contributed by atoms with Crippen molar-refractivity contribution in [2.75, 3.05) is 13.2 Å². The second-order valence-electron chi connectivity index (χ2n) is 5.91. The third-order valence-electron chi connectivity index (χ3n) is 4.38. The summed E-state index contributed by atoms with van der Waals surface area (Å²) in [6.45, 7) is 7.15. The van der Waals surface area contributed by atoms with E-state index in [1.54, 1.807) is 0 Å². The predicted molar refractivity (Wildman–Crippen MR) is 64.8 cm³/mol. The molecule has 2 fully saturated rings. The summed E-state index contributed by atoms with van der Waals surface area (Å²) in [7, 11) is 0. The Bertz CT molecular complexity index is 410. The third kappa shape index (κ3) is 1.88. The largest absolute Gasteiger partial charge is 0.465 e. The number of fused-ring (bicyclic) bond motifs is 1. The zero-order valence-corrected chi connectivity index (χ0v) is 11.2. The van der Waals surface area contributed by atoms with Gasteiger partial charge >= 0.3 is 5.97 Å². The summed E-state index contributed by atoms with van der Waals surface area (Å²) in [6.07, 6.45) is 1.86. The van der Waals surface area contributed by atoms with Crippen molar-refractivity contribution >= 4 is 5.97 Å². The van der Waals surface area contributed by atoms with Crippen LogP contribution in [-0.4, -0.2) is 31.1 Å². The Morgan fingerprint density at radius 2 is 2.00 bits per heavy atom. The van der Waals surface area contributed by atoms with Crippen LogP contribution in [0.3, 0.4) is 0 Å². The molecule has 0 unspecified atom stereocenters. The van der Waals surface area contributed by atoms with Crippen molar-refractivity contribution in [3.63, 3.8) is 0 Å². The molecule has 0 aromatic rings. The maximum atomic E-state index is 11.6. The van der Waals surface area contributed by atoms with E-state index in [9.17, 15) is 4.79 Å². The van der Waals surface area contributed by atoms with Crippen LogP contribution in [0.5, 0.6) is 0 Å². The maximum Gasteiger partial charge on any atom is 0.309 e. The predicted octanol–water partition coefficient (Wildman–Crippen LogP) is 2.04. The SMILES string of the molecule is CC1=C([C@@H]2COC(C)(C)O2)CC[C@H]2C(=O)OC[C@@H]12. The van der Waals surface area contributed by atoms with Gasteiger partial charge < -0.3 is 14.2 Å². The molecule has 3 rings (SSSR count). The quantitative estimate of drug-likeness (QED) is 0.529. The van der Waals surface area contributed by atoms with Gasteiger partial charge in [-0.1, -0.05) is 5.57 Å². The molecular formula is C14H20O4. The highest BCUT2D eigenvalue weighted by Gasteiger charge is 2.44. The maximum absolute atomic E-state index is 11.6. The normalized spacial score (nSPS) is 38.8. The topological polar surface area (TPSA) is 44.8 Å². The average Bonchev–Trinajstić information content (AvgIpc) is 2.84. The van der Waals surface area contributed by atoms with Gasteiger partial charge in [-0.2, -0.15) is 0 Å². The van der Waals surface area contributed by atoms with Crippen molar-refractivity contribution in [1.82, 2.24) is 0 Å². The monoisotopic (exact) mass is 252 g/mol. The lowest BCUT2D eigenvalue weighted by Crippen LogP contribution is -2.28. The number of cyclic esters (lactones) is 1. The summed E-state index contributed by atoms with van der Waals surface area (Å²) in [5.74, 6) is -0.184. The van der Waals surface area contributed by atoms with Crippen LogP contribution in [0.4, 0.5) is 0 Å². The molecule has 0 aromatic carbocycles. The Hall–Kier alpha value is -0.870. The van der Waals surface area contributed by atoms with E-state index in [1.165, 1.54) is 11.1 Å². The molecule has 1 aliphatic carbocycles. The fraction of sp³-hybridized carbons (Fsp3) is 0.786. The van der Waals surface area contributed by atoms with E-state index < -0.39 is 5.79 Å². The minimum absolute atomic E-state index is 0.0256.